The quantitative estimate of drug-likeness (QED) is 0.653. The van der Waals surface area contributed by atoms with Crippen molar-refractivity contribution in [2.24, 2.45) is 5.92 Å². The third kappa shape index (κ3) is 3.21. The Bertz CT molecular complexity index is 494. The van der Waals surface area contributed by atoms with Gasteiger partial charge in [0.25, 0.3) is 5.69 Å². The average Bonchev–Trinajstić information content (AvgIpc) is 2.88. The Labute approximate surface area is 110 Å². The minimum atomic E-state index is -1.14. The summed E-state index contributed by atoms with van der Waals surface area (Å²) in [4.78, 5) is 21.2. The summed E-state index contributed by atoms with van der Waals surface area (Å²) < 4.78 is 5.49. The summed E-state index contributed by atoms with van der Waals surface area (Å²) in [6.07, 6.45) is 4.46. The second-order valence-electron chi connectivity index (χ2n) is 4.70. The number of non-ortho nitro benzene ring substituents is 1. The normalized spacial score (nSPS) is 15.4. The zero-order chi connectivity index (χ0) is 13.8. The van der Waals surface area contributed by atoms with E-state index in [9.17, 15) is 14.9 Å². The van der Waals surface area contributed by atoms with Crippen LogP contribution >= 0.6 is 0 Å². The molecule has 0 atom stereocenters. The number of carboxylic acid groups (broad SMARTS) is 1. The molecule has 1 aliphatic carbocycles. The lowest BCUT2D eigenvalue weighted by Crippen LogP contribution is -2.11. The number of carboxylic acids is 1. The maximum Gasteiger partial charge on any atom is 0.339 e. The predicted molar refractivity (Wildman–Crippen MR) is 67.5 cm³/mol. The van der Waals surface area contributed by atoms with Crippen LogP contribution in [-0.2, 0) is 0 Å². The third-order valence-electron chi connectivity index (χ3n) is 3.36. The van der Waals surface area contributed by atoms with Crippen LogP contribution in [0.3, 0.4) is 0 Å². The Morgan fingerprint density at radius 2 is 2.11 bits per heavy atom. The van der Waals surface area contributed by atoms with E-state index >= 15 is 0 Å². The summed E-state index contributed by atoms with van der Waals surface area (Å²) in [6, 6.07) is 3.56. The summed E-state index contributed by atoms with van der Waals surface area (Å²) in [5.41, 5.74) is -0.199. The molecule has 0 unspecified atom stereocenters. The molecule has 1 saturated carbocycles. The van der Waals surface area contributed by atoms with Crippen molar-refractivity contribution in [3.05, 3.63) is 33.9 Å². The van der Waals surface area contributed by atoms with E-state index in [0.717, 1.165) is 25.7 Å². The monoisotopic (exact) mass is 265 g/mol. The molecule has 0 aromatic heterocycles. The molecule has 1 aromatic carbocycles. The van der Waals surface area contributed by atoms with Crippen molar-refractivity contribution < 1.29 is 19.6 Å². The van der Waals surface area contributed by atoms with Gasteiger partial charge in [-0.1, -0.05) is 12.8 Å². The fourth-order valence-corrected chi connectivity index (χ4v) is 2.31. The number of aromatic carboxylic acids is 1. The van der Waals surface area contributed by atoms with Crippen molar-refractivity contribution >= 4 is 11.7 Å². The van der Waals surface area contributed by atoms with E-state index in [0.29, 0.717) is 12.5 Å². The van der Waals surface area contributed by atoms with Gasteiger partial charge in [0, 0.05) is 6.07 Å². The molecule has 1 fully saturated rings. The van der Waals surface area contributed by atoms with Crippen LogP contribution in [-0.4, -0.2) is 22.6 Å². The summed E-state index contributed by atoms with van der Waals surface area (Å²) in [5.74, 6) is -0.647. The number of hydrogen-bond acceptors (Lipinski definition) is 4. The van der Waals surface area contributed by atoms with Crippen LogP contribution in [0.25, 0.3) is 0 Å². The van der Waals surface area contributed by atoms with Crippen LogP contribution in [0.15, 0.2) is 18.2 Å². The first-order chi connectivity index (χ1) is 9.08. The van der Waals surface area contributed by atoms with Gasteiger partial charge in [-0.2, -0.15) is 0 Å². The molecule has 102 valence electrons. The minimum absolute atomic E-state index is 0.0383. The van der Waals surface area contributed by atoms with E-state index in [4.69, 9.17) is 9.84 Å². The Morgan fingerprint density at radius 3 is 2.68 bits per heavy atom. The van der Waals surface area contributed by atoms with Crippen molar-refractivity contribution in [1.82, 2.24) is 0 Å². The van der Waals surface area contributed by atoms with Gasteiger partial charge in [-0.15, -0.1) is 0 Å². The molecule has 2 rings (SSSR count). The lowest BCUT2D eigenvalue weighted by molar-refractivity contribution is -0.384. The highest BCUT2D eigenvalue weighted by Gasteiger charge is 2.20. The van der Waals surface area contributed by atoms with Gasteiger partial charge in [-0.05, 0) is 24.8 Å². The first-order valence-corrected chi connectivity index (χ1v) is 6.22. The number of nitro groups is 1. The van der Waals surface area contributed by atoms with Crippen molar-refractivity contribution in [1.29, 1.82) is 0 Å². The Kier molecular flexibility index (Phi) is 3.99. The lowest BCUT2D eigenvalue weighted by atomic mass is 10.1. The number of ether oxygens (including phenoxy) is 1. The lowest BCUT2D eigenvalue weighted by Gasteiger charge is -2.12. The van der Waals surface area contributed by atoms with E-state index in [2.05, 4.69) is 0 Å². The second-order valence-corrected chi connectivity index (χ2v) is 4.70. The average molecular weight is 265 g/mol. The van der Waals surface area contributed by atoms with Gasteiger partial charge in [0.15, 0.2) is 0 Å². The van der Waals surface area contributed by atoms with Gasteiger partial charge in [-0.25, -0.2) is 4.79 Å². The van der Waals surface area contributed by atoms with Gasteiger partial charge in [-0.3, -0.25) is 10.1 Å². The highest BCUT2D eigenvalue weighted by Crippen LogP contribution is 2.29. The van der Waals surface area contributed by atoms with E-state index < -0.39 is 10.9 Å². The molecule has 1 N–H and O–H groups in total. The van der Waals surface area contributed by atoms with Crippen LogP contribution in [0.4, 0.5) is 5.69 Å². The number of carbonyl (C=O) groups is 1. The molecule has 1 aliphatic rings. The molecule has 0 amide bonds. The molecular weight excluding hydrogens is 250 g/mol. The first kappa shape index (κ1) is 13.3. The van der Waals surface area contributed by atoms with Gasteiger partial charge < -0.3 is 9.84 Å². The van der Waals surface area contributed by atoms with E-state index in [1.807, 2.05) is 0 Å². The molecule has 1 aromatic rings. The fourth-order valence-electron chi connectivity index (χ4n) is 2.31. The molecular formula is C13H15NO5. The first-order valence-electron chi connectivity index (χ1n) is 6.22. The Hall–Kier alpha value is -2.11. The number of rotatable bonds is 5. The second kappa shape index (κ2) is 5.69. The molecule has 0 aliphatic heterocycles. The maximum absolute atomic E-state index is 11.0. The Balaban J connectivity index is 2.16. The number of benzene rings is 1. The van der Waals surface area contributed by atoms with Crippen LogP contribution < -0.4 is 4.74 Å². The van der Waals surface area contributed by atoms with E-state index in [1.54, 1.807) is 0 Å². The van der Waals surface area contributed by atoms with Crippen molar-refractivity contribution in [3.8, 4) is 5.75 Å². The van der Waals surface area contributed by atoms with Crippen molar-refractivity contribution in [2.45, 2.75) is 25.7 Å². The molecule has 0 radical (unpaired) electrons. The zero-order valence-corrected chi connectivity index (χ0v) is 10.4. The maximum atomic E-state index is 11.0. The van der Waals surface area contributed by atoms with Gasteiger partial charge in [0.1, 0.15) is 11.3 Å². The SMILES string of the molecule is O=C(O)c1ccc([N+](=O)[O-])cc1OCC1CCCC1. The van der Waals surface area contributed by atoms with Crippen LogP contribution in [0, 0.1) is 16.0 Å². The third-order valence-corrected chi connectivity index (χ3v) is 3.36. The molecule has 0 heterocycles. The topological polar surface area (TPSA) is 89.7 Å². The Morgan fingerprint density at radius 1 is 1.42 bits per heavy atom. The number of nitrogens with zero attached hydrogens (tertiary/aromatic N) is 1. The molecule has 0 spiro atoms. The van der Waals surface area contributed by atoms with Crippen LogP contribution in [0.5, 0.6) is 5.75 Å². The van der Waals surface area contributed by atoms with Crippen LogP contribution in [0.2, 0.25) is 0 Å². The van der Waals surface area contributed by atoms with Gasteiger partial charge in [0.05, 0.1) is 17.6 Å². The highest BCUT2D eigenvalue weighted by molar-refractivity contribution is 5.91. The van der Waals surface area contributed by atoms with Crippen molar-refractivity contribution in [2.75, 3.05) is 6.61 Å². The summed E-state index contributed by atoms with van der Waals surface area (Å²) in [6.45, 7) is 0.418. The molecule has 0 saturated heterocycles. The standard InChI is InChI=1S/C13H15NO5/c15-13(16)11-6-5-10(14(17)18)7-12(11)19-8-9-3-1-2-4-9/h5-7,9H,1-4,8H2,(H,15,16). The molecule has 19 heavy (non-hydrogen) atoms. The summed E-state index contributed by atoms with van der Waals surface area (Å²) in [5, 5.41) is 19.7. The summed E-state index contributed by atoms with van der Waals surface area (Å²) in [7, 11) is 0. The van der Waals surface area contributed by atoms with Crippen LogP contribution in [0.1, 0.15) is 36.0 Å². The summed E-state index contributed by atoms with van der Waals surface area (Å²) >= 11 is 0. The minimum Gasteiger partial charge on any atom is -0.492 e. The molecule has 0 bridgehead atoms. The van der Waals surface area contributed by atoms with Gasteiger partial charge in [0.2, 0.25) is 0 Å². The predicted octanol–water partition coefficient (Wildman–Crippen LogP) is 2.86. The molecule has 6 heteroatoms. The number of nitro benzene ring substituents is 1. The van der Waals surface area contributed by atoms with Crippen molar-refractivity contribution in [3.63, 3.8) is 0 Å². The van der Waals surface area contributed by atoms with Gasteiger partial charge >= 0.3 is 5.97 Å². The molecule has 6 nitrogen and oxygen atoms in total. The smallest absolute Gasteiger partial charge is 0.339 e. The highest BCUT2D eigenvalue weighted by atomic mass is 16.6. The fraction of sp³-hybridized carbons (Fsp3) is 0.462. The van der Waals surface area contributed by atoms with E-state index in [1.165, 1.54) is 18.2 Å². The van der Waals surface area contributed by atoms with E-state index in [-0.39, 0.29) is 17.0 Å². The number of hydrogen-bond donors (Lipinski definition) is 1. The zero-order valence-electron chi connectivity index (χ0n) is 10.4. The largest absolute Gasteiger partial charge is 0.492 e.